The van der Waals surface area contributed by atoms with Gasteiger partial charge in [0.05, 0.1) is 11.5 Å². The highest BCUT2D eigenvalue weighted by molar-refractivity contribution is 5.84. The van der Waals surface area contributed by atoms with Crippen molar-refractivity contribution in [3.8, 4) is 6.07 Å². The van der Waals surface area contributed by atoms with Gasteiger partial charge in [-0.3, -0.25) is 4.79 Å². The number of piperidine rings is 1. The lowest BCUT2D eigenvalue weighted by atomic mass is 9.39. The number of nitrogens with two attached hydrogens (primary N) is 1. The number of benzene rings is 1. The molecule has 4 aliphatic carbocycles. The van der Waals surface area contributed by atoms with Crippen LogP contribution in [0.4, 0.5) is 0 Å². The minimum absolute atomic E-state index is 0.0311. The van der Waals surface area contributed by atoms with Crippen LogP contribution in [0.2, 0.25) is 0 Å². The summed E-state index contributed by atoms with van der Waals surface area (Å²) in [6.45, 7) is 5.96. The molecule has 2 N–H and O–H groups in total. The van der Waals surface area contributed by atoms with Crippen molar-refractivity contribution in [3.05, 3.63) is 35.9 Å². The maximum absolute atomic E-state index is 14.1. The topological polar surface area (TPSA) is 70.1 Å². The van der Waals surface area contributed by atoms with Gasteiger partial charge in [0.15, 0.2) is 0 Å². The highest BCUT2D eigenvalue weighted by Crippen LogP contribution is 2.68. The summed E-state index contributed by atoms with van der Waals surface area (Å²) in [7, 11) is 0. The van der Waals surface area contributed by atoms with Gasteiger partial charge in [-0.1, -0.05) is 44.2 Å². The number of carbonyl (C=O) groups is 1. The van der Waals surface area contributed by atoms with Crippen molar-refractivity contribution in [2.24, 2.45) is 34.3 Å². The summed E-state index contributed by atoms with van der Waals surface area (Å²) < 4.78 is 0. The summed E-state index contributed by atoms with van der Waals surface area (Å²) >= 11 is 0. The first-order valence-corrected chi connectivity index (χ1v) is 11.8. The van der Waals surface area contributed by atoms with Crippen LogP contribution in [-0.4, -0.2) is 29.9 Å². The van der Waals surface area contributed by atoms with Crippen molar-refractivity contribution in [2.75, 3.05) is 13.1 Å². The summed E-state index contributed by atoms with van der Waals surface area (Å²) in [6, 6.07) is 13.5. The van der Waals surface area contributed by atoms with Crippen LogP contribution in [0.3, 0.4) is 0 Å². The molecule has 6 rings (SSSR count). The lowest BCUT2D eigenvalue weighted by Gasteiger charge is -2.65. The molecule has 4 heteroatoms. The van der Waals surface area contributed by atoms with Gasteiger partial charge in [-0.2, -0.15) is 5.26 Å². The van der Waals surface area contributed by atoms with E-state index in [0.717, 1.165) is 51.6 Å². The molecular formula is C26H35N3O. The fourth-order valence-electron chi connectivity index (χ4n) is 7.95. The number of carbonyl (C=O) groups excluding carboxylic acids is 1. The molecule has 0 aromatic heterocycles. The first-order valence-electron chi connectivity index (χ1n) is 11.8. The Balaban J connectivity index is 1.50. The summed E-state index contributed by atoms with van der Waals surface area (Å²) in [5, 5.41) is 9.45. The normalized spacial score (nSPS) is 41.5. The predicted molar refractivity (Wildman–Crippen MR) is 117 cm³/mol. The summed E-state index contributed by atoms with van der Waals surface area (Å²) in [4.78, 5) is 16.3. The number of likely N-dealkylation sites (tertiary alicyclic amines) is 1. The molecular weight excluding hydrogens is 370 g/mol. The maximum atomic E-state index is 14.1. The minimum Gasteiger partial charge on any atom is -0.342 e. The molecule has 1 heterocycles. The molecule has 5 fully saturated rings. The van der Waals surface area contributed by atoms with Crippen molar-refractivity contribution in [2.45, 2.75) is 70.3 Å². The largest absolute Gasteiger partial charge is 0.342 e. The van der Waals surface area contributed by atoms with Gasteiger partial charge in [-0.25, -0.2) is 0 Å². The van der Waals surface area contributed by atoms with E-state index in [2.05, 4.69) is 55.1 Å². The zero-order valence-corrected chi connectivity index (χ0v) is 18.4. The molecule has 0 spiro atoms. The molecule has 30 heavy (non-hydrogen) atoms. The predicted octanol–water partition coefficient (Wildman–Crippen LogP) is 4.25. The molecule has 2 unspecified atom stereocenters. The first-order chi connectivity index (χ1) is 14.3. The van der Waals surface area contributed by atoms with Crippen LogP contribution < -0.4 is 5.73 Å². The zero-order valence-electron chi connectivity index (χ0n) is 18.4. The Kier molecular flexibility index (Phi) is 4.56. The van der Waals surface area contributed by atoms with Crippen molar-refractivity contribution < 1.29 is 4.79 Å². The van der Waals surface area contributed by atoms with Gasteiger partial charge in [0.25, 0.3) is 0 Å². The van der Waals surface area contributed by atoms with Crippen molar-refractivity contribution in [1.29, 1.82) is 5.26 Å². The van der Waals surface area contributed by atoms with Crippen LogP contribution in [0.1, 0.15) is 64.4 Å². The van der Waals surface area contributed by atoms with Gasteiger partial charge in [-0.05, 0) is 72.7 Å². The number of hydrogen-bond donors (Lipinski definition) is 1. The second-order valence-electron chi connectivity index (χ2n) is 11.6. The molecule has 0 radical (unpaired) electrons. The van der Waals surface area contributed by atoms with Crippen LogP contribution >= 0.6 is 0 Å². The van der Waals surface area contributed by atoms with E-state index in [1.807, 2.05) is 0 Å². The van der Waals surface area contributed by atoms with Crippen molar-refractivity contribution in [1.82, 2.24) is 4.90 Å². The fourth-order valence-corrected chi connectivity index (χ4v) is 7.95. The lowest BCUT2D eigenvalue weighted by molar-refractivity contribution is -0.170. The molecule has 4 saturated carbocycles. The van der Waals surface area contributed by atoms with E-state index in [0.29, 0.717) is 30.1 Å². The molecule has 1 amide bonds. The third-order valence-electron chi connectivity index (χ3n) is 9.27. The van der Waals surface area contributed by atoms with Crippen LogP contribution in [0.15, 0.2) is 30.3 Å². The molecule has 1 aromatic carbocycles. The average Bonchev–Trinajstić information content (AvgIpc) is 2.72. The third-order valence-corrected chi connectivity index (χ3v) is 9.27. The zero-order chi connectivity index (χ0) is 21.1. The van der Waals surface area contributed by atoms with Gasteiger partial charge in [0.1, 0.15) is 0 Å². The quantitative estimate of drug-likeness (QED) is 0.817. The van der Waals surface area contributed by atoms with Gasteiger partial charge >= 0.3 is 0 Å². The van der Waals surface area contributed by atoms with E-state index >= 15 is 0 Å². The SMILES string of the molecule is CC1(C)CN(C(=O)C23CC4CC(c5ccccc5)(CC(C2)C4CC#N)C3)CC[C@@H]1N. The van der Waals surface area contributed by atoms with Crippen LogP contribution in [-0.2, 0) is 10.2 Å². The maximum Gasteiger partial charge on any atom is 0.228 e. The molecule has 1 aromatic rings. The Hall–Kier alpha value is -1.86. The standard InChI is InChI=1S/C26H35N3O/c1-24(2)17-29(11-9-22(24)28)23(30)26-14-18-12-25(16-26,20-6-4-3-5-7-20)13-19(15-26)21(18)8-10-27/h3-7,18-19,21-22H,8-9,11-17,28H2,1-2H3/t18?,19?,21?,22-,25?,26?/m0/s1. The van der Waals surface area contributed by atoms with E-state index in [1.54, 1.807) is 0 Å². The van der Waals surface area contributed by atoms with Crippen LogP contribution in [0, 0.1) is 39.9 Å². The second-order valence-corrected chi connectivity index (χ2v) is 11.6. The molecule has 1 aliphatic heterocycles. The van der Waals surface area contributed by atoms with E-state index < -0.39 is 0 Å². The van der Waals surface area contributed by atoms with E-state index in [4.69, 9.17) is 5.73 Å². The van der Waals surface area contributed by atoms with E-state index in [1.165, 1.54) is 5.56 Å². The smallest absolute Gasteiger partial charge is 0.228 e. The lowest BCUT2D eigenvalue weighted by Crippen LogP contribution is -2.64. The highest BCUT2D eigenvalue weighted by atomic mass is 16.2. The summed E-state index contributed by atoms with van der Waals surface area (Å²) in [6.07, 6.45) is 6.77. The number of amides is 1. The molecule has 4 nitrogen and oxygen atoms in total. The molecule has 160 valence electrons. The van der Waals surface area contributed by atoms with Gasteiger partial charge in [-0.15, -0.1) is 0 Å². The molecule has 4 bridgehead atoms. The molecule has 1 saturated heterocycles. The summed E-state index contributed by atoms with van der Waals surface area (Å²) in [5.74, 6) is 1.84. The Morgan fingerprint density at radius 2 is 1.83 bits per heavy atom. The number of hydrogen-bond acceptors (Lipinski definition) is 3. The minimum atomic E-state index is -0.245. The fraction of sp³-hybridized carbons (Fsp3) is 0.692. The van der Waals surface area contributed by atoms with Gasteiger partial charge in [0.2, 0.25) is 5.91 Å². The third kappa shape index (κ3) is 2.93. The van der Waals surface area contributed by atoms with E-state index in [9.17, 15) is 10.1 Å². The second kappa shape index (κ2) is 6.82. The molecule has 3 atom stereocenters. The monoisotopic (exact) mass is 405 g/mol. The number of rotatable bonds is 3. The van der Waals surface area contributed by atoms with Crippen molar-refractivity contribution >= 4 is 5.91 Å². The average molecular weight is 406 g/mol. The Labute approximate surface area is 180 Å². The highest BCUT2D eigenvalue weighted by Gasteiger charge is 2.64. The number of nitriles is 1. The van der Waals surface area contributed by atoms with Gasteiger partial charge in [0, 0.05) is 25.6 Å². The Morgan fingerprint density at radius 1 is 1.17 bits per heavy atom. The first kappa shape index (κ1) is 20.1. The van der Waals surface area contributed by atoms with Crippen LogP contribution in [0.25, 0.3) is 0 Å². The van der Waals surface area contributed by atoms with E-state index in [-0.39, 0.29) is 22.3 Å². The van der Waals surface area contributed by atoms with Gasteiger partial charge < -0.3 is 10.6 Å². The van der Waals surface area contributed by atoms with Crippen LogP contribution in [0.5, 0.6) is 0 Å². The summed E-state index contributed by atoms with van der Waals surface area (Å²) in [5.41, 5.74) is 7.60. The van der Waals surface area contributed by atoms with Crippen molar-refractivity contribution in [3.63, 3.8) is 0 Å². The Bertz CT molecular complexity index is 854. The molecule has 5 aliphatic rings. The Morgan fingerprint density at radius 3 is 2.43 bits per heavy atom. The number of nitrogens with zero attached hydrogens (tertiary/aromatic N) is 2.